The molecular formula is C17H24N2O3. The van der Waals surface area contributed by atoms with E-state index in [1.54, 1.807) is 0 Å². The topological polar surface area (TPSA) is 78.4 Å². The Morgan fingerprint density at radius 2 is 1.95 bits per heavy atom. The summed E-state index contributed by atoms with van der Waals surface area (Å²) < 4.78 is 0. The van der Waals surface area contributed by atoms with E-state index in [9.17, 15) is 9.59 Å². The van der Waals surface area contributed by atoms with Gasteiger partial charge in [-0.15, -0.1) is 0 Å². The third-order valence-corrected chi connectivity index (χ3v) is 4.22. The van der Waals surface area contributed by atoms with Crippen LogP contribution in [0.1, 0.15) is 56.2 Å². The van der Waals surface area contributed by atoms with Gasteiger partial charge in [0.15, 0.2) is 0 Å². The first kappa shape index (κ1) is 16.3. The highest BCUT2D eigenvalue weighted by Crippen LogP contribution is 2.43. The van der Waals surface area contributed by atoms with E-state index in [2.05, 4.69) is 36.6 Å². The molecule has 3 N–H and O–H groups in total. The van der Waals surface area contributed by atoms with Crippen molar-refractivity contribution >= 4 is 12.0 Å². The molecule has 120 valence electrons. The minimum absolute atomic E-state index is 0.0306. The minimum atomic E-state index is -0.841. The van der Waals surface area contributed by atoms with Gasteiger partial charge in [-0.1, -0.05) is 38.1 Å². The number of carboxylic acids is 1. The standard InChI is InChI=1S/C17H24N2O3/c1-11(2)14-10-15(13-7-4-3-6-12(13)14)19-17(22)18-9-5-8-16(20)21/h3-4,6-7,11,14-15H,5,8-10H2,1-2H3,(H,20,21)(H2,18,19,22)/t14-,15-/m1/s1. The van der Waals surface area contributed by atoms with Crippen LogP contribution in [0.5, 0.6) is 0 Å². The molecule has 0 heterocycles. The summed E-state index contributed by atoms with van der Waals surface area (Å²) >= 11 is 0. The molecule has 22 heavy (non-hydrogen) atoms. The van der Waals surface area contributed by atoms with Gasteiger partial charge in [-0.2, -0.15) is 0 Å². The summed E-state index contributed by atoms with van der Waals surface area (Å²) in [5.41, 5.74) is 2.52. The largest absolute Gasteiger partial charge is 0.481 e. The Bertz CT molecular complexity index is 542. The van der Waals surface area contributed by atoms with Crippen molar-refractivity contribution in [3.05, 3.63) is 35.4 Å². The second-order valence-electron chi connectivity index (χ2n) is 6.17. The zero-order chi connectivity index (χ0) is 16.1. The van der Waals surface area contributed by atoms with Crippen LogP contribution in [-0.4, -0.2) is 23.7 Å². The number of fused-ring (bicyclic) bond motifs is 1. The smallest absolute Gasteiger partial charge is 0.315 e. The number of carbonyl (C=O) groups is 2. The van der Waals surface area contributed by atoms with Crippen molar-refractivity contribution in [2.45, 2.75) is 45.1 Å². The first-order valence-corrected chi connectivity index (χ1v) is 7.84. The summed E-state index contributed by atoms with van der Waals surface area (Å²) in [6.07, 6.45) is 1.43. The van der Waals surface area contributed by atoms with Crippen LogP contribution < -0.4 is 10.6 Å². The molecule has 0 aliphatic heterocycles. The van der Waals surface area contributed by atoms with Crippen LogP contribution in [0.3, 0.4) is 0 Å². The number of amides is 2. The van der Waals surface area contributed by atoms with Crippen molar-refractivity contribution in [2.75, 3.05) is 6.54 Å². The summed E-state index contributed by atoms with van der Waals surface area (Å²) in [5, 5.41) is 14.3. The van der Waals surface area contributed by atoms with E-state index in [0.717, 1.165) is 6.42 Å². The maximum atomic E-state index is 12.0. The van der Waals surface area contributed by atoms with Crippen molar-refractivity contribution in [3.63, 3.8) is 0 Å². The molecule has 1 aliphatic carbocycles. The van der Waals surface area contributed by atoms with E-state index in [0.29, 0.717) is 24.8 Å². The lowest BCUT2D eigenvalue weighted by atomic mass is 9.90. The fourth-order valence-electron chi connectivity index (χ4n) is 3.09. The number of nitrogens with one attached hydrogen (secondary N) is 2. The van der Waals surface area contributed by atoms with Crippen molar-refractivity contribution in [1.82, 2.24) is 10.6 Å². The van der Waals surface area contributed by atoms with E-state index in [4.69, 9.17) is 5.11 Å². The number of carboxylic acid groups (broad SMARTS) is 1. The quantitative estimate of drug-likeness (QED) is 0.707. The zero-order valence-corrected chi connectivity index (χ0v) is 13.1. The van der Waals surface area contributed by atoms with Crippen molar-refractivity contribution in [1.29, 1.82) is 0 Å². The summed E-state index contributed by atoms with van der Waals surface area (Å²) in [6.45, 7) is 4.78. The molecule has 1 aromatic carbocycles. The van der Waals surface area contributed by atoms with Gasteiger partial charge in [-0.3, -0.25) is 4.79 Å². The van der Waals surface area contributed by atoms with Crippen molar-refractivity contribution in [3.8, 4) is 0 Å². The van der Waals surface area contributed by atoms with Gasteiger partial charge in [-0.05, 0) is 35.8 Å². The van der Waals surface area contributed by atoms with Crippen LogP contribution in [0.15, 0.2) is 24.3 Å². The monoisotopic (exact) mass is 304 g/mol. The Morgan fingerprint density at radius 3 is 2.59 bits per heavy atom. The number of carbonyl (C=O) groups excluding carboxylic acids is 1. The number of hydrogen-bond donors (Lipinski definition) is 3. The number of hydrogen-bond acceptors (Lipinski definition) is 2. The average molecular weight is 304 g/mol. The Labute approximate surface area is 131 Å². The maximum Gasteiger partial charge on any atom is 0.315 e. The fraction of sp³-hybridized carbons (Fsp3) is 0.529. The molecule has 2 rings (SSSR count). The molecule has 0 saturated heterocycles. The van der Waals surface area contributed by atoms with Gasteiger partial charge < -0.3 is 15.7 Å². The molecule has 0 spiro atoms. The lowest BCUT2D eigenvalue weighted by Crippen LogP contribution is -2.38. The first-order valence-electron chi connectivity index (χ1n) is 7.84. The lowest BCUT2D eigenvalue weighted by molar-refractivity contribution is -0.137. The molecule has 0 aromatic heterocycles. The highest BCUT2D eigenvalue weighted by Gasteiger charge is 2.32. The van der Waals surface area contributed by atoms with Crippen LogP contribution in [0.2, 0.25) is 0 Å². The summed E-state index contributed by atoms with van der Waals surface area (Å²) in [6, 6.07) is 8.07. The summed E-state index contributed by atoms with van der Waals surface area (Å²) in [5.74, 6) is 0.159. The fourth-order valence-corrected chi connectivity index (χ4v) is 3.09. The predicted octanol–water partition coefficient (Wildman–Crippen LogP) is 3.04. The number of aliphatic carboxylic acids is 1. The molecule has 1 aliphatic rings. The molecule has 0 fully saturated rings. The van der Waals surface area contributed by atoms with E-state index >= 15 is 0 Å². The molecule has 0 saturated carbocycles. The normalized spacial score (nSPS) is 19.8. The molecule has 0 unspecified atom stereocenters. The molecular weight excluding hydrogens is 280 g/mol. The summed E-state index contributed by atoms with van der Waals surface area (Å²) in [7, 11) is 0. The van der Waals surface area contributed by atoms with Gasteiger partial charge in [0.2, 0.25) is 0 Å². The number of rotatable bonds is 6. The Kier molecular flexibility index (Phi) is 5.41. The molecule has 1 aromatic rings. The second-order valence-corrected chi connectivity index (χ2v) is 6.17. The van der Waals surface area contributed by atoms with E-state index in [-0.39, 0.29) is 18.5 Å². The van der Waals surface area contributed by atoms with Gasteiger partial charge >= 0.3 is 12.0 Å². The van der Waals surface area contributed by atoms with E-state index in [1.165, 1.54) is 11.1 Å². The van der Waals surface area contributed by atoms with E-state index < -0.39 is 5.97 Å². The Hall–Kier alpha value is -2.04. The third-order valence-electron chi connectivity index (χ3n) is 4.22. The predicted molar refractivity (Wildman–Crippen MR) is 84.8 cm³/mol. The molecule has 0 radical (unpaired) electrons. The molecule has 5 nitrogen and oxygen atoms in total. The maximum absolute atomic E-state index is 12.0. The highest BCUT2D eigenvalue weighted by atomic mass is 16.4. The van der Waals surface area contributed by atoms with E-state index in [1.807, 2.05) is 12.1 Å². The van der Waals surface area contributed by atoms with Gasteiger partial charge in [0.05, 0.1) is 6.04 Å². The zero-order valence-electron chi connectivity index (χ0n) is 13.1. The van der Waals surface area contributed by atoms with Crippen LogP contribution in [0.4, 0.5) is 4.79 Å². The number of urea groups is 1. The highest BCUT2D eigenvalue weighted by molar-refractivity contribution is 5.74. The van der Waals surface area contributed by atoms with Gasteiger partial charge in [-0.25, -0.2) is 4.79 Å². The summed E-state index contributed by atoms with van der Waals surface area (Å²) in [4.78, 5) is 22.4. The average Bonchev–Trinajstić information content (AvgIpc) is 2.83. The lowest BCUT2D eigenvalue weighted by Gasteiger charge is -2.17. The van der Waals surface area contributed by atoms with Crippen LogP contribution in [0.25, 0.3) is 0 Å². The Morgan fingerprint density at radius 1 is 1.27 bits per heavy atom. The second kappa shape index (κ2) is 7.29. The first-order chi connectivity index (χ1) is 10.5. The molecule has 2 amide bonds. The van der Waals surface area contributed by atoms with Crippen molar-refractivity contribution in [2.24, 2.45) is 5.92 Å². The molecule has 2 atom stereocenters. The minimum Gasteiger partial charge on any atom is -0.481 e. The number of benzene rings is 1. The third kappa shape index (κ3) is 4.00. The SMILES string of the molecule is CC(C)[C@H]1C[C@@H](NC(=O)NCCCC(=O)O)c2ccccc21. The van der Waals surface area contributed by atoms with Gasteiger partial charge in [0, 0.05) is 13.0 Å². The molecule has 5 heteroatoms. The van der Waals surface area contributed by atoms with Crippen LogP contribution >= 0.6 is 0 Å². The van der Waals surface area contributed by atoms with Gasteiger partial charge in [0.25, 0.3) is 0 Å². The van der Waals surface area contributed by atoms with Gasteiger partial charge in [0.1, 0.15) is 0 Å². The van der Waals surface area contributed by atoms with Crippen molar-refractivity contribution < 1.29 is 14.7 Å². The Balaban J connectivity index is 1.91. The molecule has 0 bridgehead atoms. The van der Waals surface area contributed by atoms with Crippen LogP contribution in [-0.2, 0) is 4.79 Å². The van der Waals surface area contributed by atoms with Crippen LogP contribution in [0, 0.1) is 5.92 Å².